The van der Waals surface area contributed by atoms with Crippen LogP contribution >= 0.6 is 15.9 Å². The van der Waals surface area contributed by atoms with Crippen molar-refractivity contribution in [2.75, 3.05) is 6.54 Å². The molecule has 0 saturated carbocycles. The summed E-state index contributed by atoms with van der Waals surface area (Å²) in [5.74, 6) is 0.00578. The molecule has 0 aliphatic rings. The number of ether oxygens (including phenoxy) is 1. The van der Waals surface area contributed by atoms with E-state index >= 15 is 0 Å². The number of carbonyl (C=O) groups excluding carboxylic acids is 2. The Balaban J connectivity index is 2.76. The number of halogens is 1. The molecule has 116 valence electrons. The summed E-state index contributed by atoms with van der Waals surface area (Å²) in [6, 6.07) is 4.60. The number of imide groups is 1. The first-order valence-electron chi connectivity index (χ1n) is 6.65. The zero-order valence-electron chi connectivity index (χ0n) is 12.3. The van der Waals surface area contributed by atoms with Gasteiger partial charge in [0, 0.05) is 22.6 Å². The van der Waals surface area contributed by atoms with E-state index in [9.17, 15) is 9.59 Å². The molecule has 0 saturated heterocycles. The van der Waals surface area contributed by atoms with E-state index in [0.717, 1.165) is 10.0 Å². The van der Waals surface area contributed by atoms with Crippen molar-refractivity contribution in [1.29, 1.82) is 0 Å². The number of carbonyl (C=O) groups is 2. The first kappa shape index (κ1) is 17.5. The van der Waals surface area contributed by atoms with Gasteiger partial charge >= 0.3 is 6.03 Å². The summed E-state index contributed by atoms with van der Waals surface area (Å²) in [6.45, 7) is 5.60. The SMILES string of the molecule is CCNC(=O)NC(=O)C(C)Oc1ccc(Br)cc1[C@@H](C)N. The molecule has 0 radical (unpaired) electrons. The summed E-state index contributed by atoms with van der Waals surface area (Å²) in [4.78, 5) is 23.1. The molecule has 0 fully saturated rings. The number of amides is 3. The Hall–Kier alpha value is -1.60. The second-order valence-electron chi connectivity index (χ2n) is 4.58. The third-order valence-electron chi connectivity index (χ3n) is 2.71. The van der Waals surface area contributed by atoms with Crippen LogP contribution in [0.4, 0.5) is 4.79 Å². The molecule has 1 unspecified atom stereocenters. The van der Waals surface area contributed by atoms with E-state index in [1.165, 1.54) is 0 Å². The molecule has 0 bridgehead atoms. The summed E-state index contributed by atoms with van der Waals surface area (Å²) in [5.41, 5.74) is 6.67. The van der Waals surface area contributed by atoms with Gasteiger partial charge in [-0.05, 0) is 39.0 Å². The molecule has 4 N–H and O–H groups in total. The molecule has 2 atom stereocenters. The highest BCUT2D eigenvalue weighted by molar-refractivity contribution is 9.10. The molecule has 6 nitrogen and oxygen atoms in total. The molecule has 3 amide bonds. The van der Waals surface area contributed by atoms with Gasteiger partial charge in [-0.1, -0.05) is 15.9 Å². The van der Waals surface area contributed by atoms with Gasteiger partial charge < -0.3 is 15.8 Å². The second kappa shape index (κ2) is 7.99. The van der Waals surface area contributed by atoms with Crippen LogP contribution in [0, 0.1) is 0 Å². The Morgan fingerprint density at radius 3 is 2.62 bits per heavy atom. The zero-order valence-corrected chi connectivity index (χ0v) is 13.9. The minimum absolute atomic E-state index is 0.240. The van der Waals surface area contributed by atoms with Crippen molar-refractivity contribution in [3.63, 3.8) is 0 Å². The maximum atomic E-state index is 11.8. The molecule has 0 aliphatic carbocycles. The Morgan fingerprint density at radius 2 is 2.05 bits per heavy atom. The van der Waals surface area contributed by atoms with Crippen LogP contribution in [0.5, 0.6) is 5.75 Å². The van der Waals surface area contributed by atoms with Gasteiger partial charge in [-0.3, -0.25) is 10.1 Å². The van der Waals surface area contributed by atoms with E-state index in [0.29, 0.717) is 12.3 Å². The van der Waals surface area contributed by atoms with Gasteiger partial charge in [0.2, 0.25) is 0 Å². The van der Waals surface area contributed by atoms with Crippen molar-refractivity contribution >= 4 is 27.9 Å². The quantitative estimate of drug-likeness (QED) is 0.751. The van der Waals surface area contributed by atoms with Gasteiger partial charge in [0.25, 0.3) is 5.91 Å². The monoisotopic (exact) mass is 357 g/mol. The van der Waals surface area contributed by atoms with E-state index in [1.54, 1.807) is 26.0 Å². The average Bonchev–Trinajstić information content (AvgIpc) is 2.40. The van der Waals surface area contributed by atoms with Crippen LogP contribution in [-0.4, -0.2) is 24.6 Å². The lowest BCUT2D eigenvalue weighted by atomic mass is 10.1. The van der Waals surface area contributed by atoms with Crippen molar-refractivity contribution < 1.29 is 14.3 Å². The summed E-state index contributed by atoms with van der Waals surface area (Å²) in [6.07, 6.45) is -0.814. The Morgan fingerprint density at radius 1 is 1.38 bits per heavy atom. The molecule has 21 heavy (non-hydrogen) atoms. The fraction of sp³-hybridized carbons (Fsp3) is 0.429. The van der Waals surface area contributed by atoms with Crippen LogP contribution in [0.3, 0.4) is 0 Å². The fourth-order valence-corrected chi connectivity index (χ4v) is 2.02. The number of benzene rings is 1. The fourth-order valence-electron chi connectivity index (χ4n) is 1.64. The highest BCUT2D eigenvalue weighted by Gasteiger charge is 2.19. The lowest BCUT2D eigenvalue weighted by Crippen LogP contribution is -2.45. The molecule has 0 aromatic heterocycles. The Labute approximate surface area is 132 Å². The molecule has 0 heterocycles. The highest BCUT2D eigenvalue weighted by atomic mass is 79.9. The summed E-state index contributed by atoms with van der Waals surface area (Å²) < 4.78 is 6.49. The predicted octanol–water partition coefficient (Wildman–Crippen LogP) is 2.08. The number of nitrogens with two attached hydrogens (primary N) is 1. The third-order valence-corrected chi connectivity index (χ3v) is 3.20. The summed E-state index contributed by atoms with van der Waals surface area (Å²) >= 11 is 3.37. The van der Waals surface area contributed by atoms with Crippen LogP contribution in [-0.2, 0) is 4.79 Å². The first-order valence-corrected chi connectivity index (χ1v) is 7.44. The zero-order chi connectivity index (χ0) is 16.0. The van der Waals surface area contributed by atoms with Gasteiger partial charge in [0.05, 0.1) is 0 Å². The number of nitrogens with one attached hydrogen (secondary N) is 2. The van der Waals surface area contributed by atoms with Crippen molar-refractivity contribution in [2.45, 2.75) is 32.9 Å². The average molecular weight is 358 g/mol. The molecule has 1 rings (SSSR count). The maximum Gasteiger partial charge on any atom is 0.321 e. The van der Waals surface area contributed by atoms with Crippen molar-refractivity contribution in [2.24, 2.45) is 5.73 Å². The smallest absolute Gasteiger partial charge is 0.321 e. The minimum atomic E-state index is -0.814. The first-order chi connectivity index (χ1) is 9.85. The van der Waals surface area contributed by atoms with Gasteiger partial charge in [0.15, 0.2) is 6.10 Å². The molecule has 1 aromatic carbocycles. The second-order valence-corrected chi connectivity index (χ2v) is 5.50. The van der Waals surface area contributed by atoms with Crippen LogP contribution in [0.15, 0.2) is 22.7 Å². The maximum absolute atomic E-state index is 11.8. The number of hydrogen-bond donors (Lipinski definition) is 3. The van der Waals surface area contributed by atoms with E-state index < -0.39 is 18.0 Å². The lowest BCUT2D eigenvalue weighted by Gasteiger charge is -2.18. The Bertz CT molecular complexity index is 520. The molecule has 0 spiro atoms. The molecule has 0 aliphatic heterocycles. The third kappa shape index (κ3) is 5.35. The largest absolute Gasteiger partial charge is 0.481 e. The van der Waals surface area contributed by atoms with Gasteiger partial charge in [-0.2, -0.15) is 0 Å². The van der Waals surface area contributed by atoms with E-state index in [1.807, 2.05) is 13.0 Å². The number of urea groups is 1. The highest BCUT2D eigenvalue weighted by Crippen LogP contribution is 2.28. The van der Waals surface area contributed by atoms with Crippen molar-refractivity contribution in [3.05, 3.63) is 28.2 Å². The molecular formula is C14H20BrN3O3. The molecule has 1 aromatic rings. The lowest BCUT2D eigenvalue weighted by molar-refractivity contribution is -0.126. The van der Waals surface area contributed by atoms with Crippen LogP contribution < -0.4 is 21.1 Å². The van der Waals surface area contributed by atoms with Crippen molar-refractivity contribution in [1.82, 2.24) is 10.6 Å². The summed E-state index contributed by atoms with van der Waals surface area (Å²) in [5, 5.41) is 4.69. The number of hydrogen-bond acceptors (Lipinski definition) is 4. The van der Waals surface area contributed by atoms with Crippen LogP contribution in [0.1, 0.15) is 32.4 Å². The molecular weight excluding hydrogens is 338 g/mol. The predicted molar refractivity (Wildman–Crippen MR) is 84.0 cm³/mol. The standard InChI is InChI=1S/C14H20BrN3O3/c1-4-17-14(20)18-13(19)9(3)21-12-6-5-10(15)7-11(12)8(2)16/h5-9H,4,16H2,1-3H3,(H2,17,18,19,20)/t8-,9?/m1/s1. The Kier molecular flexibility index (Phi) is 6.64. The van der Waals surface area contributed by atoms with Crippen LogP contribution in [0.2, 0.25) is 0 Å². The summed E-state index contributed by atoms with van der Waals surface area (Å²) in [7, 11) is 0. The van der Waals surface area contributed by atoms with Gasteiger partial charge in [-0.25, -0.2) is 4.79 Å². The normalized spacial score (nSPS) is 13.2. The van der Waals surface area contributed by atoms with Crippen LogP contribution in [0.25, 0.3) is 0 Å². The van der Waals surface area contributed by atoms with E-state index in [4.69, 9.17) is 10.5 Å². The van der Waals surface area contributed by atoms with E-state index in [2.05, 4.69) is 26.6 Å². The van der Waals surface area contributed by atoms with Gasteiger partial charge in [-0.15, -0.1) is 0 Å². The van der Waals surface area contributed by atoms with Crippen molar-refractivity contribution in [3.8, 4) is 5.75 Å². The topological polar surface area (TPSA) is 93.5 Å². The molecule has 7 heteroatoms. The van der Waals surface area contributed by atoms with E-state index in [-0.39, 0.29) is 6.04 Å². The number of rotatable bonds is 5. The minimum Gasteiger partial charge on any atom is -0.481 e. The van der Waals surface area contributed by atoms with Gasteiger partial charge in [0.1, 0.15) is 5.75 Å².